The number of benzene rings is 1. The molecule has 0 bridgehead atoms. The van der Waals surface area contributed by atoms with Gasteiger partial charge in [-0.1, -0.05) is 0 Å². The van der Waals surface area contributed by atoms with Crippen LogP contribution in [0.3, 0.4) is 0 Å². The van der Waals surface area contributed by atoms with Gasteiger partial charge in [0.15, 0.2) is 0 Å². The largest absolute Gasteiger partial charge is 0.393 e. The second kappa shape index (κ2) is 7.33. The lowest BCUT2D eigenvalue weighted by Crippen LogP contribution is -2.31. The lowest BCUT2D eigenvalue weighted by Gasteiger charge is -2.25. The summed E-state index contributed by atoms with van der Waals surface area (Å²) in [6.07, 6.45) is 4.75. The second-order valence-corrected chi connectivity index (χ2v) is 6.83. The number of hydrogen-bond donors (Lipinski definition) is 1. The molecule has 7 nitrogen and oxygen atoms in total. The third-order valence-electron chi connectivity index (χ3n) is 4.74. The summed E-state index contributed by atoms with van der Waals surface area (Å²) in [6, 6.07) is 6.92. The van der Waals surface area contributed by atoms with Gasteiger partial charge in [-0.25, -0.2) is 0 Å². The van der Waals surface area contributed by atoms with Crippen LogP contribution in [0, 0.1) is 10.1 Å². The fourth-order valence-electron chi connectivity index (χ4n) is 3.62. The summed E-state index contributed by atoms with van der Waals surface area (Å²) in [4.78, 5) is 12.8. The highest BCUT2D eigenvalue weighted by Crippen LogP contribution is 2.29. The number of nitro benzene ring substituents is 1. The Morgan fingerprint density at radius 1 is 1.40 bits per heavy atom. The summed E-state index contributed by atoms with van der Waals surface area (Å²) in [5.74, 6) is 0. The van der Waals surface area contributed by atoms with Crippen molar-refractivity contribution < 1.29 is 10.0 Å². The molecule has 3 rings (SSSR count). The van der Waals surface area contributed by atoms with Gasteiger partial charge >= 0.3 is 0 Å². The SMILES string of the molecule is CC(O)CC1CCCN1Cc1cn(C)nc1-c1ccc([N+](=O)[O-])cc1. The molecule has 2 unspecified atom stereocenters. The summed E-state index contributed by atoms with van der Waals surface area (Å²) in [7, 11) is 1.88. The quantitative estimate of drug-likeness (QED) is 0.643. The maximum atomic E-state index is 10.8. The third-order valence-corrected chi connectivity index (χ3v) is 4.74. The van der Waals surface area contributed by atoms with Crippen molar-refractivity contribution in [1.82, 2.24) is 14.7 Å². The highest BCUT2D eigenvalue weighted by atomic mass is 16.6. The van der Waals surface area contributed by atoms with E-state index in [-0.39, 0.29) is 11.8 Å². The number of nitro groups is 1. The van der Waals surface area contributed by atoms with E-state index in [2.05, 4.69) is 10.00 Å². The van der Waals surface area contributed by atoms with Gasteiger partial charge in [0.2, 0.25) is 0 Å². The molecular formula is C18H24N4O3. The molecule has 1 aromatic heterocycles. The number of hydrogen-bond acceptors (Lipinski definition) is 5. The Morgan fingerprint density at radius 2 is 2.12 bits per heavy atom. The number of nitrogens with zero attached hydrogens (tertiary/aromatic N) is 4. The van der Waals surface area contributed by atoms with Gasteiger partial charge in [-0.05, 0) is 44.9 Å². The molecule has 0 spiro atoms. The lowest BCUT2D eigenvalue weighted by atomic mass is 10.1. The minimum atomic E-state index is -0.395. The van der Waals surface area contributed by atoms with Crippen LogP contribution in [0.25, 0.3) is 11.3 Å². The Hall–Kier alpha value is -2.25. The highest BCUT2D eigenvalue weighted by Gasteiger charge is 2.27. The van der Waals surface area contributed by atoms with Gasteiger partial charge in [-0.3, -0.25) is 19.7 Å². The fourth-order valence-corrected chi connectivity index (χ4v) is 3.62. The van der Waals surface area contributed by atoms with E-state index in [0.717, 1.165) is 49.2 Å². The molecule has 1 aliphatic heterocycles. The van der Waals surface area contributed by atoms with Crippen LogP contribution in [-0.4, -0.2) is 43.4 Å². The van der Waals surface area contributed by atoms with Crippen LogP contribution in [0.15, 0.2) is 30.5 Å². The van der Waals surface area contributed by atoms with Gasteiger partial charge in [0.05, 0.1) is 16.7 Å². The van der Waals surface area contributed by atoms with Gasteiger partial charge in [0.1, 0.15) is 0 Å². The lowest BCUT2D eigenvalue weighted by molar-refractivity contribution is -0.384. The smallest absolute Gasteiger partial charge is 0.269 e. The van der Waals surface area contributed by atoms with Crippen LogP contribution in [0.5, 0.6) is 0 Å². The molecule has 134 valence electrons. The van der Waals surface area contributed by atoms with Crippen LogP contribution in [0.2, 0.25) is 0 Å². The van der Waals surface area contributed by atoms with Crippen molar-refractivity contribution in [1.29, 1.82) is 0 Å². The second-order valence-electron chi connectivity index (χ2n) is 6.83. The number of aryl methyl sites for hydroxylation is 1. The molecule has 25 heavy (non-hydrogen) atoms. The first-order chi connectivity index (χ1) is 11.9. The zero-order chi connectivity index (χ0) is 18.0. The maximum Gasteiger partial charge on any atom is 0.269 e. The summed E-state index contributed by atoms with van der Waals surface area (Å²) in [6.45, 7) is 3.63. The molecule has 7 heteroatoms. The van der Waals surface area contributed by atoms with Crippen molar-refractivity contribution in [2.24, 2.45) is 7.05 Å². The predicted molar refractivity (Wildman–Crippen MR) is 95.0 cm³/mol. The molecule has 1 aromatic carbocycles. The number of aromatic nitrogens is 2. The first kappa shape index (κ1) is 17.6. The number of aliphatic hydroxyl groups excluding tert-OH is 1. The minimum absolute atomic E-state index is 0.0813. The molecule has 2 aromatic rings. The molecule has 0 radical (unpaired) electrons. The van der Waals surface area contributed by atoms with E-state index in [1.165, 1.54) is 12.1 Å². The number of likely N-dealkylation sites (tertiary alicyclic amines) is 1. The first-order valence-corrected chi connectivity index (χ1v) is 8.63. The number of rotatable bonds is 6. The van der Waals surface area contributed by atoms with Crippen molar-refractivity contribution in [2.75, 3.05) is 6.54 Å². The van der Waals surface area contributed by atoms with E-state index in [1.54, 1.807) is 16.8 Å². The fraction of sp³-hybridized carbons (Fsp3) is 0.500. The highest BCUT2D eigenvalue weighted by molar-refractivity contribution is 5.64. The third kappa shape index (κ3) is 4.05. The van der Waals surface area contributed by atoms with Crippen molar-refractivity contribution in [3.63, 3.8) is 0 Å². The van der Waals surface area contributed by atoms with Crippen LogP contribution < -0.4 is 0 Å². The predicted octanol–water partition coefficient (Wildman–Crippen LogP) is 2.73. The van der Waals surface area contributed by atoms with E-state index in [1.807, 2.05) is 20.2 Å². The van der Waals surface area contributed by atoms with Gasteiger partial charge in [0.25, 0.3) is 5.69 Å². The Bertz CT molecular complexity index is 739. The van der Waals surface area contributed by atoms with Crippen molar-refractivity contribution in [3.05, 3.63) is 46.1 Å². The van der Waals surface area contributed by atoms with Gasteiger partial charge in [-0.2, -0.15) is 5.10 Å². The van der Waals surface area contributed by atoms with E-state index in [4.69, 9.17) is 0 Å². The van der Waals surface area contributed by atoms with Crippen LogP contribution >= 0.6 is 0 Å². The molecule has 0 saturated carbocycles. The Kier molecular flexibility index (Phi) is 5.15. The molecule has 0 aliphatic carbocycles. The zero-order valence-corrected chi connectivity index (χ0v) is 14.6. The monoisotopic (exact) mass is 344 g/mol. The van der Waals surface area contributed by atoms with Gasteiger partial charge in [-0.15, -0.1) is 0 Å². The minimum Gasteiger partial charge on any atom is -0.393 e. The standard InChI is InChI=1S/C18H24N4O3/c1-13(23)10-17-4-3-9-21(17)12-15-11-20(2)19-18(15)14-5-7-16(8-6-14)22(24)25/h5-8,11,13,17,23H,3-4,9-10,12H2,1-2H3. The number of non-ortho nitro benzene ring substituents is 1. The van der Waals surface area contributed by atoms with Crippen LogP contribution in [0.4, 0.5) is 5.69 Å². The Morgan fingerprint density at radius 3 is 2.76 bits per heavy atom. The van der Waals surface area contributed by atoms with Crippen molar-refractivity contribution >= 4 is 5.69 Å². The summed E-state index contributed by atoms with van der Waals surface area (Å²) >= 11 is 0. The molecule has 1 aliphatic rings. The number of aliphatic hydroxyl groups is 1. The Labute approximate surface area is 147 Å². The Balaban J connectivity index is 1.82. The first-order valence-electron chi connectivity index (χ1n) is 8.63. The molecule has 2 atom stereocenters. The average molecular weight is 344 g/mol. The van der Waals surface area contributed by atoms with E-state index >= 15 is 0 Å². The molecule has 2 heterocycles. The summed E-state index contributed by atoms with van der Waals surface area (Å²) < 4.78 is 1.78. The maximum absolute atomic E-state index is 10.8. The zero-order valence-electron chi connectivity index (χ0n) is 14.6. The molecule has 0 amide bonds. The van der Waals surface area contributed by atoms with E-state index in [9.17, 15) is 15.2 Å². The normalized spacial score (nSPS) is 19.2. The topological polar surface area (TPSA) is 84.4 Å². The summed E-state index contributed by atoms with van der Waals surface area (Å²) in [5, 5.41) is 25.1. The van der Waals surface area contributed by atoms with Gasteiger partial charge < -0.3 is 5.11 Å². The summed E-state index contributed by atoms with van der Waals surface area (Å²) in [5.41, 5.74) is 2.93. The van der Waals surface area contributed by atoms with E-state index < -0.39 is 4.92 Å². The van der Waals surface area contributed by atoms with Crippen molar-refractivity contribution in [3.8, 4) is 11.3 Å². The molecule has 1 N–H and O–H groups in total. The average Bonchev–Trinajstić information content (AvgIpc) is 3.14. The molecule has 1 fully saturated rings. The van der Waals surface area contributed by atoms with Crippen molar-refractivity contribution in [2.45, 2.75) is 44.9 Å². The van der Waals surface area contributed by atoms with Crippen LogP contribution in [-0.2, 0) is 13.6 Å². The molecular weight excluding hydrogens is 320 g/mol. The van der Waals surface area contributed by atoms with Crippen LogP contribution in [0.1, 0.15) is 31.7 Å². The van der Waals surface area contributed by atoms with Gasteiger partial charge in [0, 0.05) is 49.1 Å². The van der Waals surface area contributed by atoms with E-state index in [0.29, 0.717) is 6.04 Å². The molecule has 1 saturated heterocycles.